The summed E-state index contributed by atoms with van der Waals surface area (Å²) in [6.07, 6.45) is 1.98. The molecule has 0 aliphatic carbocycles. The van der Waals surface area contributed by atoms with Crippen LogP contribution in [0.1, 0.15) is 40.5 Å². The maximum Gasteiger partial charge on any atom is 0.253 e. The largest absolute Gasteiger partial charge is 0.454 e. The van der Waals surface area contributed by atoms with E-state index >= 15 is 0 Å². The van der Waals surface area contributed by atoms with Crippen LogP contribution in [0.5, 0.6) is 11.5 Å². The summed E-state index contributed by atoms with van der Waals surface area (Å²) in [6, 6.07) is 10.1. The molecule has 3 N–H and O–H groups in total. The van der Waals surface area contributed by atoms with Gasteiger partial charge in [-0.3, -0.25) is 14.4 Å². The quantitative estimate of drug-likeness (QED) is 0.542. The zero-order chi connectivity index (χ0) is 22.5. The lowest BCUT2D eigenvalue weighted by molar-refractivity contribution is -0.114. The number of hydrogen-bond donors (Lipinski definition) is 3. The van der Waals surface area contributed by atoms with Crippen LogP contribution in [0.15, 0.2) is 36.4 Å². The van der Waals surface area contributed by atoms with Crippen molar-refractivity contribution in [2.24, 2.45) is 0 Å². The average molecular weight is 439 g/mol. The third-order valence-electron chi connectivity index (χ3n) is 5.29. The van der Waals surface area contributed by atoms with Gasteiger partial charge in [0.1, 0.15) is 0 Å². The highest BCUT2D eigenvalue weighted by Crippen LogP contribution is 2.37. The van der Waals surface area contributed by atoms with Gasteiger partial charge in [0.25, 0.3) is 5.91 Å². The van der Waals surface area contributed by atoms with Crippen LogP contribution >= 0.6 is 0 Å². The monoisotopic (exact) mass is 439 g/mol. The molecule has 0 unspecified atom stereocenters. The molecule has 2 aliphatic heterocycles. The van der Waals surface area contributed by atoms with E-state index in [9.17, 15) is 14.4 Å². The Labute approximate surface area is 185 Å². The minimum absolute atomic E-state index is 0.0435. The minimum Gasteiger partial charge on any atom is -0.454 e. The summed E-state index contributed by atoms with van der Waals surface area (Å²) < 4.78 is 16.2. The summed E-state index contributed by atoms with van der Waals surface area (Å²) in [5.74, 6) is 0.111. The van der Waals surface area contributed by atoms with Gasteiger partial charge in [-0.2, -0.15) is 0 Å². The first-order valence-electron chi connectivity index (χ1n) is 10.5. The molecule has 0 saturated carbocycles. The number of nitrogens with one attached hydrogen (secondary N) is 3. The maximum absolute atomic E-state index is 12.6. The predicted octanol–water partition coefficient (Wildman–Crippen LogP) is 2.58. The lowest BCUT2D eigenvalue weighted by Gasteiger charge is -2.15. The molecule has 9 heteroatoms. The molecule has 168 valence electrons. The lowest BCUT2D eigenvalue weighted by atomic mass is 10.1. The first-order valence-corrected chi connectivity index (χ1v) is 10.5. The second-order valence-electron chi connectivity index (χ2n) is 7.60. The van der Waals surface area contributed by atoms with Gasteiger partial charge in [-0.05, 0) is 38.0 Å². The number of hydrogen-bond acceptors (Lipinski definition) is 7. The zero-order valence-electron chi connectivity index (χ0n) is 17.7. The van der Waals surface area contributed by atoms with Gasteiger partial charge in [0.2, 0.25) is 12.7 Å². The number of para-hydroxylation sites is 1. The molecule has 1 saturated heterocycles. The Hall–Kier alpha value is -3.59. The highest BCUT2D eigenvalue weighted by atomic mass is 16.7. The molecule has 0 bridgehead atoms. The number of fused-ring (bicyclic) bond motifs is 1. The number of carbonyl (C=O) groups excluding carboxylic acids is 3. The molecule has 1 atom stereocenters. The number of ketones is 1. The molecule has 2 aromatic rings. The van der Waals surface area contributed by atoms with Crippen LogP contribution in [0.2, 0.25) is 0 Å². The summed E-state index contributed by atoms with van der Waals surface area (Å²) >= 11 is 0. The number of anilines is 2. The first kappa shape index (κ1) is 21.6. The highest BCUT2D eigenvalue weighted by Gasteiger charge is 2.21. The molecule has 2 amide bonds. The summed E-state index contributed by atoms with van der Waals surface area (Å²) in [5, 5.41) is 8.61. The fraction of sp³-hybridized carbons (Fsp3) is 0.348. The summed E-state index contributed by atoms with van der Waals surface area (Å²) in [4.78, 5) is 37.2. The van der Waals surface area contributed by atoms with Crippen LogP contribution in [0.3, 0.4) is 0 Å². The molecule has 9 nitrogen and oxygen atoms in total. The molecule has 1 fully saturated rings. The Morgan fingerprint density at radius 1 is 1.03 bits per heavy atom. The van der Waals surface area contributed by atoms with Gasteiger partial charge in [-0.15, -0.1) is 0 Å². The van der Waals surface area contributed by atoms with Crippen molar-refractivity contribution in [2.45, 2.75) is 25.9 Å². The molecule has 2 aromatic carbocycles. The standard InChI is InChI=1S/C23H25N3O6/c1-14(27)17-9-20-21(32-13-31-20)10-19(17)26-22(28)12-24-18-7-3-2-6-16(18)23(29)25-11-15-5-4-8-30-15/h2-3,6-7,9-10,15,24H,4-5,8,11-13H2,1H3,(H,25,29)(H,26,28)/t15-/m0/s1. The molecular formula is C23H25N3O6. The average Bonchev–Trinajstić information content (AvgIpc) is 3.47. The van der Waals surface area contributed by atoms with Crippen LogP contribution in [-0.2, 0) is 9.53 Å². The van der Waals surface area contributed by atoms with Gasteiger partial charge in [-0.25, -0.2) is 0 Å². The van der Waals surface area contributed by atoms with Gasteiger partial charge < -0.3 is 30.2 Å². The van der Waals surface area contributed by atoms with Crippen molar-refractivity contribution in [3.63, 3.8) is 0 Å². The number of amides is 2. The minimum atomic E-state index is -0.374. The summed E-state index contributed by atoms with van der Waals surface area (Å²) in [5.41, 5.74) is 1.64. The van der Waals surface area contributed by atoms with Crippen molar-refractivity contribution < 1.29 is 28.6 Å². The van der Waals surface area contributed by atoms with E-state index in [-0.39, 0.29) is 37.0 Å². The smallest absolute Gasteiger partial charge is 0.253 e. The third-order valence-corrected chi connectivity index (χ3v) is 5.29. The van der Waals surface area contributed by atoms with E-state index in [1.807, 2.05) is 0 Å². The summed E-state index contributed by atoms with van der Waals surface area (Å²) in [6.45, 7) is 2.56. The van der Waals surface area contributed by atoms with Crippen LogP contribution < -0.4 is 25.4 Å². The third kappa shape index (κ3) is 5.00. The predicted molar refractivity (Wildman–Crippen MR) is 117 cm³/mol. The first-order chi connectivity index (χ1) is 15.5. The topological polar surface area (TPSA) is 115 Å². The van der Waals surface area contributed by atoms with Crippen LogP contribution in [0, 0.1) is 0 Å². The van der Waals surface area contributed by atoms with Crippen molar-refractivity contribution in [3.8, 4) is 11.5 Å². The van der Waals surface area contributed by atoms with Crippen LogP contribution in [0.4, 0.5) is 11.4 Å². The lowest BCUT2D eigenvalue weighted by Crippen LogP contribution is -2.32. The van der Waals surface area contributed by atoms with Crippen LogP contribution in [-0.4, -0.2) is 50.2 Å². The van der Waals surface area contributed by atoms with Gasteiger partial charge in [0.05, 0.1) is 23.9 Å². The number of carbonyl (C=O) groups is 3. The van der Waals surface area contributed by atoms with Gasteiger partial charge in [0, 0.05) is 30.5 Å². The maximum atomic E-state index is 12.6. The van der Waals surface area contributed by atoms with Gasteiger partial charge in [0.15, 0.2) is 17.3 Å². The van der Waals surface area contributed by atoms with Gasteiger partial charge in [-0.1, -0.05) is 12.1 Å². The SMILES string of the molecule is CC(=O)c1cc2c(cc1NC(=O)CNc1ccccc1C(=O)NC[C@@H]1CCCO1)OCO2. The van der Waals surface area contributed by atoms with Crippen molar-refractivity contribution in [3.05, 3.63) is 47.5 Å². The Bertz CT molecular complexity index is 1030. The molecule has 0 radical (unpaired) electrons. The van der Waals surface area contributed by atoms with Crippen molar-refractivity contribution in [1.29, 1.82) is 0 Å². The second kappa shape index (κ2) is 9.69. The number of rotatable bonds is 8. The Balaban J connectivity index is 1.38. The van der Waals surface area contributed by atoms with Gasteiger partial charge >= 0.3 is 0 Å². The second-order valence-corrected chi connectivity index (χ2v) is 7.60. The summed E-state index contributed by atoms with van der Waals surface area (Å²) in [7, 11) is 0. The fourth-order valence-electron chi connectivity index (χ4n) is 3.65. The molecular weight excluding hydrogens is 414 g/mol. The van der Waals surface area contributed by atoms with E-state index in [2.05, 4.69) is 16.0 Å². The molecule has 4 rings (SSSR count). The van der Waals surface area contributed by atoms with E-state index in [1.54, 1.807) is 36.4 Å². The number of Topliss-reactive ketones (excluding diaryl/α,β-unsaturated/α-hetero) is 1. The number of benzene rings is 2. The molecule has 0 aromatic heterocycles. The Morgan fingerprint density at radius 3 is 2.56 bits per heavy atom. The molecule has 2 aliphatic rings. The van der Waals surface area contributed by atoms with Crippen molar-refractivity contribution in [1.82, 2.24) is 5.32 Å². The Morgan fingerprint density at radius 2 is 1.81 bits per heavy atom. The van der Waals surface area contributed by atoms with E-state index in [0.29, 0.717) is 40.5 Å². The number of ether oxygens (including phenoxy) is 3. The van der Waals surface area contributed by atoms with E-state index in [1.165, 1.54) is 6.92 Å². The van der Waals surface area contributed by atoms with E-state index in [4.69, 9.17) is 14.2 Å². The van der Waals surface area contributed by atoms with E-state index < -0.39 is 0 Å². The highest BCUT2D eigenvalue weighted by molar-refractivity contribution is 6.06. The van der Waals surface area contributed by atoms with Crippen molar-refractivity contribution in [2.75, 3.05) is 37.1 Å². The fourth-order valence-corrected chi connectivity index (χ4v) is 3.65. The molecule has 2 heterocycles. The Kier molecular flexibility index (Phi) is 6.55. The molecule has 32 heavy (non-hydrogen) atoms. The van der Waals surface area contributed by atoms with Crippen molar-refractivity contribution >= 4 is 29.0 Å². The molecule has 0 spiro atoms. The van der Waals surface area contributed by atoms with E-state index in [0.717, 1.165) is 19.4 Å². The zero-order valence-corrected chi connectivity index (χ0v) is 17.7. The van der Waals surface area contributed by atoms with Crippen LogP contribution in [0.25, 0.3) is 0 Å². The normalized spacial score (nSPS) is 16.5.